The highest BCUT2D eigenvalue weighted by Crippen LogP contribution is 2.33. The molecule has 0 saturated heterocycles. The molecule has 2 aromatic heterocycles. The van der Waals surface area contributed by atoms with Crippen molar-refractivity contribution in [2.75, 3.05) is 12.4 Å². The number of aromatic nitrogens is 2. The van der Waals surface area contributed by atoms with E-state index in [2.05, 4.69) is 31.4 Å². The van der Waals surface area contributed by atoms with Gasteiger partial charge in [-0.2, -0.15) is 13.2 Å². The molecule has 0 spiro atoms. The van der Waals surface area contributed by atoms with Crippen molar-refractivity contribution < 1.29 is 22.4 Å². The summed E-state index contributed by atoms with van der Waals surface area (Å²) >= 11 is 3.38. The summed E-state index contributed by atoms with van der Waals surface area (Å²) in [5, 5.41) is 7.15. The molecule has 2 amide bonds. The first-order chi connectivity index (χ1) is 9.75. The normalized spacial score (nSPS) is 11.5. The summed E-state index contributed by atoms with van der Waals surface area (Å²) in [5.41, 5.74) is 0. The van der Waals surface area contributed by atoms with Crippen LogP contribution in [0, 0.1) is 0 Å². The average molecular weight is 385 g/mol. The van der Waals surface area contributed by atoms with Gasteiger partial charge in [-0.3, -0.25) is 5.32 Å². The van der Waals surface area contributed by atoms with Crippen molar-refractivity contribution in [2.45, 2.75) is 12.7 Å². The summed E-state index contributed by atoms with van der Waals surface area (Å²) in [4.78, 5) is 13.0. The summed E-state index contributed by atoms with van der Waals surface area (Å²) in [6, 6.07) is 2.72. The van der Waals surface area contributed by atoms with Gasteiger partial charge in [0, 0.05) is 7.05 Å². The maximum Gasteiger partial charge on any atom is 0.445 e. The molecule has 2 heterocycles. The molecule has 0 atom stereocenters. The Kier molecular flexibility index (Phi) is 4.52. The molecule has 2 rings (SSSR count). The Hall–Kier alpha value is -1.62. The second-order valence-electron chi connectivity index (χ2n) is 3.90. The van der Waals surface area contributed by atoms with E-state index in [0.29, 0.717) is 10.4 Å². The maximum atomic E-state index is 12.4. The van der Waals surface area contributed by atoms with Crippen LogP contribution in [0.25, 0.3) is 0 Å². The van der Waals surface area contributed by atoms with Crippen molar-refractivity contribution >= 4 is 38.4 Å². The Labute approximate surface area is 129 Å². The number of halogens is 4. The number of alkyl halides is 3. The quantitative estimate of drug-likeness (QED) is 0.877. The lowest BCUT2D eigenvalue weighted by Gasteiger charge is -2.15. The SMILES string of the molecule is CN(Cc1ccc(Br)o1)C(=O)Nc1nnc(C(F)(F)F)s1. The third kappa shape index (κ3) is 4.17. The minimum absolute atomic E-state index is 0.155. The van der Waals surface area contributed by atoms with Crippen molar-refractivity contribution in [2.24, 2.45) is 0 Å². The van der Waals surface area contributed by atoms with E-state index < -0.39 is 17.2 Å². The Morgan fingerprint density at radius 1 is 1.48 bits per heavy atom. The van der Waals surface area contributed by atoms with Crippen LogP contribution >= 0.6 is 27.3 Å². The molecule has 2 aromatic rings. The number of carbonyl (C=O) groups is 1. The van der Waals surface area contributed by atoms with Gasteiger partial charge in [0.15, 0.2) is 4.67 Å². The summed E-state index contributed by atoms with van der Waals surface area (Å²) in [5.74, 6) is 0.521. The second kappa shape index (κ2) is 6.02. The van der Waals surface area contributed by atoms with Gasteiger partial charge >= 0.3 is 12.2 Å². The Bertz CT molecular complexity index is 642. The predicted octanol–water partition coefficient (Wildman–Crippen LogP) is 3.58. The highest BCUT2D eigenvalue weighted by Gasteiger charge is 2.35. The van der Waals surface area contributed by atoms with Gasteiger partial charge in [0.2, 0.25) is 10.1 Å². The van der Waals surface area contributed by atoms with Gasteiger partial charge in [-0.15, -0.1) is 10.2 Å². The lowest BCUT2D eigenvalue weighted by molar-refractivity contribution is -0.138. The van der Waals surface area contributed by atoms with E-state index in [1.807, 2.05) is 0 Å². The number of anilines is 1. The molecule has 21 heavy (non-hydrogen) atoms. The Balaban J connectivity index is 1.96. The number of hydrogen-bond donors (Lipinski definition) is 1. The zero-order valence-electron chi connectivity index (χ0n) is 10.4. The number of urea groups is 1. The molecule has 0 unspecified atom stereocenters. The van der Waals surface area contributed by atoms with E-state index >= 15 is 0 Å². The van der Waals surface area contributed by atoms with Crippen LogP contribution in [0.1, 0.15) is 10.8 Å². The molecule has 1 N–H and O–H groups in total. The van der Waals surface area contributed by atoms with E-state index in [9.17, 15) is 18.0 Å². The van der Waals surface area contributed by atoms with Gasteiger partial charge < -0.3 is 9.32 Å². The molecule has 0 fully saturated rings. The molecular weight excluding hydrogens is 377 g/mol. The molecule has 0 saturated carbocycles. The molecule has 6 nitrogen and oxygen atoms in total. The number of nitrogens with one attached hydrogen (secondary N) is 1. The monoisotopic (exact) mass is 384 g/mol. The molecule has 0 aromatic carbocycles. The fourth-order valence-corrected chi connectivity index (χ4v) is 2.26. The third-order valence-corrected chi connectivity index (χ3v) is 3.56. The van der Waals surface area contributed by atoms with Crippen LogP contribution in [0.2, 0.25) is 0 Å². The lowest BCUT2D eigenvalue weighted by atomic mass is 10.4. The highest BCUT2D eigenvalue weighted by atomic mass is 79.9. The van der Waals surface area contributed by atoms with Gasteiger partial charge in [-0.05, 0) is 28.1 Å². The van der Waals surface area contributed by atoms with Crippen LogP contribution in [0.3, 0.4) is 0 Å². The minimum Gasteiger partial charge on any atom is -0.452 e. The number of carbonyl (C=O) groups excluding carboxylic acids is 1. The summed E-state index contributed by atoms with van der Waals surface area (Å²) in [7, 11) is 1.47. The van der Waals surface area contributed by atoms with Crippen molar-refractivity contribution in [3.63, 3.8) is 0 Å². The highest BCUT2D eigenvalue weighted by molar-refractivity contribution is 9.10. The summed E-state index contributed by atoms with van der Waals surface area (Å²) in [6.07, 6.45) is -4.58. The zero-order valence-corrected chi connectivity index (χ0v) is 12.8. The smallest absolute Gasteiger partial charge is 0.445 e. The van der Waals surface area contributed by atoms with E-state index in [1.54, 1.807) is 12.1 Å². The fourth-order valence-electron chi connectivity index (χ4n) is 1.32. The molecule has 0 aliphatic rings. The number of rotatable bonds is 3. The molecule has 114 valence electrons. The van der Waals surface area contributed by atoms with E-state index in [4.69, 9.17) is 4.42 Å². The van der Waals surface area contributed by atoms with Gasteiger partial charge in [0.05, 0.1) is 6.54 Å². The van der Waals surface area contributed by atoms with Crippen LogP contribution in [-0.4, -0.2) is 28.2 Å². The minimum atomic E-state index is -4.58. The van der Waals surface area contributed by atoms with Crippen LogP contribution < -0.4 is 5.32 Å². The lowest BCUT2D eigenvalue weighted by Crippen LogP contribution is -2.30. The summed E-state index contributed by atoms with van der Waals surface area (Å²) < 4.78 is 42.8. The molecule has 11 heteroatoms. The summed E-state index contributed by atoms with van der Waals surface area (Å²) in [6.45, 7) is 0.155. The number of nitrogens with zero attached hydrogens (tertiary/aromatic N) is 3. The van der Waals surface area contributed by atoms with Crippen molar-refractivity contribution in [3.05, 3.63) is 27.6 Å². The van der Waals surface area contributed by atoms with Crippen LogP contribution in [0.5, 0.6) is 0 Å². The Morgan fingerprint density at radius 3 is 2.71 bits per heavy atom. The zero-order chi connectivity index (χ0) is 15.6. The van der Waals surface area contributed by atoms with Crippen LogP contribution in [0.15, 0.2) is 21.2 Å². The van der Waals surface area contributed by atoms with E-state index in [-0.39, 0.29) is 23.0 Å². The van der Waals surface area contributed by atoms with Gasteiger partial charge in [0.25, 0.3) is 0 Å². The van der Waals surface area contributed by atoms with Crippen molar-refractivity contribution in [1.29, 1.82) is 0 Å². The molecule has 0 aliphatic carbocycles. The third-order valence-electron chi connectivity index (χ3n) is 2.25. The predicted molar refractivity (Wildman–Crippen MR) is 71.8 cm³/mol. The number of hydrogen-bond acceptors (Lipinski definition) is 5. The van der Waals surface area contributed by atoms with Gasteiger partial charge in [-0.1, -0.05) is 11.3 Å². The first kappa shape index (κ1) is 15.8. The molecule has 0 bridgehead atoms. The van der Waals surface area contributed by atoms with Crippen LogP contribution in [0.4, 0.5) is 23.1 Å². The fraction of sp³-hybridized carbons (Fsp3) is 0.300. The van der Waals surface area contributed by atoms with Gasteiger partial charge in [-0.25, -0.2) is 4.79 Å². The number of amides is 2. The Morgan fingerprint density at radius 2 is 2.19 bits per heavy atom. The van der Waals surface area contributed by atoms with E-state index in [0.717, 1.165) is 0 Å². The van der Waals surface area contributed by atoms with Crippen molar-refractivity contribution in [1.82, 2.24) is 15.1 Å². The average Bonchev–Trinajstić information content (AvgIpc) is 2.98. The van der Waals surface area contributed by atoms with Crippen molar-refractivity contribution in [3.8, 4) is 0 Å². The first-order valence-electron chi connectivity index (χ1n) is 5.43. The topological polar surface area (TPSA) is 71.3 Å². The standard InChI is InChI=1S/C10H8BrF3N4O2S/c1-18(4-5-2-3-6(11)20-5)9(19)15-8-17-16-7(21-8)10(12,13)14/h2-3H,4H2,1H3,(H,15,17,19). The van der Waals surface area contributed by atoms with Gasteiger partial charge in [0.1, 0.15) is 5.76 Å². The first-order valence-corrected chi connectivity index (χ1v) is 7.03. The largest absolute Gasteiger partial charge is 0.452 e. The van der Waals surface area contributed by atoms with Crippen LogP contribution in [-0.2, 0) is 12.7 Å². The molecule has 0 aliphatic heterocycles. The maximum absolute atomic E-state index is 12.4. The second-order valence-corrected chi connectivity index (χ2v) is 5.66. The molecular formula is C10H8BrF3N4O2S. The number of furan rings is 1. The van der Waals surface area contributed by atoms with E-state index in [1.165, 1.54) is 11.9 Å². The molecule has 0 radical (unpaired) electrons.